The maximum Gasteiger partial charge on any atom is 0.212 e. The Morgan fingerprint density at radius 1 is 1.03 bits per heavy atom. The molecule has 1 aliphatic heterocycles. The Bertz CT molecular complexity index is 1340. The molecule has 0 aliphatic carbocycles. The third-order valence-electron chi connectivity index (χ3n) is 6.36. The highest BCUT2D eigenvalue weighted by atomic mass is 32.2. The number of aromatic nitrogens is 1. The number of hydrogen-bond donors (Lipinski definition) is 0. The number of para-hydroxylation sites is 2. The van der Waals surface area contributed by atoms with Gasteiger partial charge in [-0.3, -0.25) is 0 Å². The molecule has 0 saturated heterocycles. The summed E-state index contributed by atoms with van der Waals surface area (Å²) in [5.41, 5.74) is 6.07. The van der Waals surface area contributed by atoms with E-state index in [1.165, 1.54) is 22.5 Å². The third kappa shape index (κ3) is 4.38. The van der Waals surface area contributed by atoms with Gasteiger partial charge in [-0.25, -0.2) is 8.42 Å². The maximum atomic E-state index is 10.9. The van der Waals surface area contributed by atoms with Crippen LogP contribution < -0.4 is 4.57 Å². The number of allylic oxidation sites excluding steroid dienone is 2. The van der Waals surface area contributed by atoms with Gasteiger partial charge in [-0.05, 0) is 31.9 Å². The molecule has 0 saturated carbocycles. The van der Waals surface area contributed by atoms with E-state index >= 15 is 0 Å². The Morgan fingerprint density at radius 3 is 2.50 bits per heavy atom. The highest BCUT2D eigenvalue weighted by Crippen LogP contribution is 2.38. The van der Waals surface area contributed by atoms with Crippen molar-refractivity contribution in [2.24, 2.45) is 0 Å². The molecule has 2 heterocycles. The zero-order valence-electron chi connectivity index (χ0n) is 18.8. The molecule has 0 bridgehead atoms. The predicted molar refractivity (Wildman–Crippen MR) is 126 cm³/mol. The summed E-state index contributed by atoms with van der Waals surface area (Å²) in [5, 5.41) is 1.14. The van der Waals surface area contributed by atoms with Crippen LogP contribution in [0.25, 0.3) is 10.9 Å². The van der Waals surface area contributed by atoms with Crippen molar-refractivity contribution < 1.29 is 22.1 Å². The normalized spacial score (nSPS) is 15.6. The van der Waals surface area contributed by atoms with Gasteiger partial charge in [0.2, 0.25) is 11.2 Å². The maximum absolute atomic E-state index is 10.9. The fourth-order valence-electron chi connectivity index (χ4n) is 4.73. The SMILES string of the molecule is C[N+]1=C(/C=C/Cc2cc[n+](CCCS(=O)(=O)[O-])c3ccccc23)C(C)(C)c2ccccc21. The summed E-state index contributed by atoms with van der Waals surface area (Å²) in [6.07, 6.45) is 7.53. The third-order valence-corrected chi connectivity index (χ3v) is 7.15. The molecule has 32 heavy (non-hydrogen) atoms. The summed E-state index contributed by atoms with van der Waals surface area (Å²) >= 11 is 0. The van der Waals surface area contributed by atoms with E-state index in [-0.39, 0.29) is 11.2 Å². The van der Waals surface area contributed by atoms with Gasteiger partial charge in [0.15, 0.2) is 11.9 Å². The van der Waals surface area contributed by atoms with E-state index in [1.807, 2.05) is 29.0 Å². The molecule has 6 heteroatoms. The Kier molecular flexibility index (Phi) is 6.01. The van der Waals surface area contributed by atoms with E-state index in [9.17, 15) is 13.0 Å². The second-order valence-electron chi connectivity index (χ2n) is 8.86. The van der Waals surface area contributed by atoms with Crippen molar-refractivity contribution in [3.63, 3.8) is 0 Å². The van der Waals surface area contributed by atoms with E-state index in [4.69, 9.17) is 0 Å². The molecule has 0 unspecified atom stereocenters. The first-order chi connectivity index (χ1) is 15.2. The van der Waals surface area contributed by atoms with E-state index < -0.39 is 10.1 Å². The molecule has 0 spiro atoms. The minimum absolute atomic E-state index is 0.0501. The average molecular weight is 450 g/mol. The lowest BCUT2D eigenvalue weighted by molar-refractivity contribution is -0.671. The smallest absolute Gasteiger partial charge is 0.212 e. The summed E-state index contributed by atoms with van der Waals surface area (Å²) < 4.78 is 37.1. The van der Waals surface area contributed by atoms with Crippen molar-refractivity contribution in [1.82, 2.24) is 0 Å². The molecule has 4 rings (SSSR count). The molecule has 0 atom stereocenters. The first-order valence-electron chi connectivity index (χ1n) is 10.9. The minimum atomic E-state index is -4.19. The number of pyridine rings is 1. The Labute approximate surface area is 190 Å². The monoisotopic (exact) mass is 449 g/mol. The summed E-state index contributed by atoms with van der Waals surface area (Å²) in [5.74, 6) is -0.344. The van der Waals surface area contributed by atoms with Gasteiger partial charge in [0.05, 0.1) is 15.5 Å². The van der Waals surface area contributed by atoms with E-state index in [0.29, 0.717) is 13.0 Å². The van der Waals surface area contributed by atoms with Gasteiger partial charge in [-0.2, -0.15) is 9.14 Å². The van der Waals surface area contributed by atoms with Crippen molar-refractivity contribution in [3.8, 4) is 0 Å². The van der Waals surface area contributed by atoms with Crippen LogP contribution in [0.5, 0.6) is 0 Å². The van der Waals surface area contributed by atoms with Gasteiger partial charge in [0.1, 0.15) is 13.6 Å². The Morgan fingerprint density at radius 2 is 1.75 bits per heavy atom. The number of rotatable bonds is 7. The lowest BCUT2D eigenvalue weighted by Gasteiger charge is -2.15. The van der Waals surface area contributed by atoms with Gasteiger partial charge < -0.3 is 4.55 Å². The molecule has 5 nitrogen and oxygen atoms in total. The fourth-order valence-corrected chi connectivity index (χ4v) is 5.21. The molecule has 1 aromatic heterocycles. The van der Waals surface area contributed by atoms with Gasteiger partial charge in [-0.1, -0.05) is 36.4 Å². The van der Waals surface area contributed by atoms with Crippen molar-refractivity contribution in [1.29, 1.82) is 0 Å². The number of hydrogen-bond acceptors (Lipinski definition) is 3. The highest BCUT2D eigenvalue weighted by Gasteiger charge is 2.42. The van der Waals surface area contributed by atoms with Crippen LogP contribution in [-0.4, -0.2) is 36.1 Å². The fraction of sp³-hybridized carbons (Fsp3) is 0.308. The van der Waals surface area contributed by atoms with Crippen LogP contribution in [0.2, 0.25) is 0 Å². The topological polar surface area (TPSA) is 64.1 Å². The number of nitrogens with zero attached hydrogens (tertiary/aromatic N) is 2. The molecular weight excluding hydrogens is 420 g/mol. The highest BCUT2D eigenvalue weighted by molar-refractivity contribution is 7.85. The van der Waals surface area contributed by atoms with Crippen LogP contribution in [0.15, 0.2) is 72.9 Å². The van der Waals surface area contributed by atoms with E-state index in [1.54, 1.807) is 0 Å². The number of aryl methyl sites for hydroxylation is 1. The van der Waals surface area contributed by atoms with Crippen LogP contribution >= 0.6 is 0 Å². The van der Waals surface area contributed by atoms with Crippen molar-refractivity contribution in [2.75, 3.05) is 12.8 Å². The van der Waals surface area contributed by atoms with Crippen molar-refractivity contribution in [2.45, 2.75) is 38.6 Å². The summed E-state index contributed by atoms with van der Waals surface area (Å²) in [7, 11) is -2.07. The van der Waals surface area contributed by atoms with Crippen LogP contribution in [0.1, 0.15) is 31.4 Å². The van der Waals surface area contributed by atoms with Crippen LogP contribution in [-0.2, 0) is 28.5 Å². The molecule has 0 N–H and O–H groups in total. The van der Waals surface area contributed by atoms with Gasteiger partial charge >= 0.3 is 0 Å². The quantitative estimate of drug-likeness (QED) is 0.406. The van der Waals surface area contributed by atoms with Crippen LogP contribution in [0.4, 0.5) is 5.69 Å². The summed E-state index contributed by atoms with van der Waals surface area (Å²) in [4.78, 5) is 0. The predicted octanol–water partition coefficient (Wildman–Crippen LogP) is 3.87. The van der Waals surface area contributed by atoms with Gasteiger partial charge in [0.25, 0.3) is 0 Å². The molecule has 0 radical (unpaired) electrons. The second kappa shape index (κ2) is 8.60. The first kappa shape index (κ1) is 22.4. The minimum Gasteiger partial charge on any atom is -0.748 e. The largest absolute Gasteiger partial charge is 0.748 e. The van der Waals surface area contributed by atoms with Crippen LogP contribution in [0.3, 0.4) is 0 Å². The molecular formula is C26H29N2O3S+. The first-order valence-corrected chi connectivity index (χ1v) is 12.5. The molecule has 0 amide bonds. The second-order valence-corrected chi connectivity index (χ2v) is 10.4. The van der Waals surface area contributed by atoms with Crippen LogP contribution in [0, 0.1) is 0 Å². The van der Waals surface area contributed by atoms with Crippen molar-refractivity contribution >= 4 is 32.4 Å². The molecule has 0 fully saturated rings. The lowest BCUT2D eigenvalue weighted by Crippen LogP contribution is -2.35. The Hall–Kier alpha value is -2.83. The zero-order chi connectivity index (χ0) is 22.9. The van der Waals surface area contributed by atoms with Crippen molar-refractivity contribution in [3.05, 3.63) is 84.1 Å². The standard InChI is InChI=1S/C26H29N2O3S/c1-26(2)22-12-5-7-14-24(22)27(3)25(26)15-8-10-20-16-18-28(17-9-19-32(29,30)31)23-13-6-4-11-21(20)23/h4-8,11-16,18H,9-10,17,19H2,1-3H3/q+1/b15-8+. The average Bonchev–Trinajstić information content (AvgIpc) is 2.95. The number of fused-ring (bicyclic) bond motifs is 2. The number of benzene rings is 2. The summed E-state index contributed by atoms with van der Waals surface area (Å²) in [6, 6.07) is 18.7. The van der Waals surface area contributed by atoms with Gasteiger partial charge in [0, 0.05) is 47.4 Å². The molecule has 1 aliphatic rings. The van der Waals surface area contributed by atoms with Gasteiger partial charge in [-0.15, -0.1) is 0 Å². The van der Waals surface area contributed by atoms with E-state index in [2.05, 4.69) is 74.0 Å². The molecule has 166 valence electrons. The zero-order valence-corrected chi connectivity index (χ0v) is 19.6. The lowest BCUT2D eigenvalue weighted by atomic mass is 9.81. The summed E-state index contributed by atoms with van der Waals surface area (Å²) in [6.45, 7) is 5.02. The molecule has 3 aromatic rings. The molecule has 2 aromatic carbocycles. The van der Waals surface area contributed by atoms with E-state index in [0.717, 1.165) is 17.3 Å². The Balaban J connectivity index is 1.58.